The number of amides is 1. The van der Waals surface area contributed by atoms with Crippen LogP contribution in [-0.4, -0.2) is 22.8 Å². The van der Waals surface area contributed by atoms with Crippen LogP contribution in [0.3, 0.4) is 0 Å². The number of nitrogens with zero attached hydrogens (tertiary/aromatic N) is 2. The summed E-state index contributed by atoms with van der Waals surface area (Å²) < 4.78 is 5.79. The lowest BCUT2D eigenvalue weighted by molar-refractivity contribution is -0.126. The number of nitrogens with one attached hydrogen (secondary N) is 1. The van der Waals surface area contributed by atoms with Gasteiger partial charge in [0, 0.05) is 29.2 Å². The van der Waals surface area contributed by atoms with Gasteiger partial charge in [0.05, 0.1) is 0 Å². The zero-order valence-electron chi connectivity index (χ0n) is 19.4. The van der Waals surface area contributed by atoms with E-state index in [1.807, 2.05) is 48.5 Å². The quantitative estimate of drug-likeness (QED) is 0.299. The Morgan fingerprint density at radius 3 is 2.55 bits per heavy atom. The van der Waals surface area contributed by atoms with Crippen molar-refractivity contribution in [2.24, 2.45) is 10.9 Å². The molecule has 3 N–H and O–H groups in total. The highest BCUT2D eigenvalue weighted by Crippen LogP contribution is 2.23. The lowest BCUT2D eigenvalue weighted by Crippen LogP contribution is -2.27. The highest BCUT2D eigenvalue weighted by molar-refractivity contribution is 5.97. The normalized spacial score (nSPS) is 12.7. The topological polar surface area (TPSA) is 98.8 Å². The number of ether oxygens (including phenoxy) is 1. The van der Waals surface area contributed by atoms with Gasteiger partial charge in [-0.15, -0.1) is 0 Å². The molecule has 0 fully saturated rings. The molecule has 3 aromatic rings. The summed E-state index contributed by atoms with van der Waals surface area (Å²) in [7, 11) is 0. The Morgan fingerprint density at radius 2 is 1.88 bits per heavy atom. The summed E-state index contributed by atoms with van der Waals surface area (Å²) in [5.74, 6) is 0.471. The van der Waals surface area contributed by atoms with E-state index in [0.29, 0.717) is 23.6 Å². The lowest BCUT2D eigenvalue weighted by Gasteiger charge is -2.19. The van der Waals surface area contributed by atoms with Gasteiger partial charge in [-0.3, -0.25) is 9.78 Å². The SMILES string of the molecule is CC(O/N=C(/N)c1cccc(OCc2cccnc2)c1)C(=O)Nc1ccc(C(C)(C)C)cc1. The molecule has 1 amide bonds. The molecule has 0 aliphatic carbocycles. The average molecular weight is 447 g/mol. The van der Waals surface area contributed by atoms with Crippen LogP contribution in [0.2, 0.25) is 0 Å². The molecule has 1 heterocycles. The third-order valence-corrected chi connectivity index (χ3v) is 4.95. The number of oxime groups is 1. The van der Waals surface area contributed by atoms with E-state index in [9.17, 15) is 4.79 Å². The van der Waals surface area contributed by atoms with Crippen molar-refractivity contribution in [2.45, 2.75) is 45.8 Å². The Kier molecular flexibility index (Phi) is 7.66. The molecule has 1 unspecified atom stereocenters. The summed E-state index contributed by atoms with van der Waals surface area (Å²) in [5, 5.41) is 6.76. The molecule has 0 saturated heterocycles. The zero-order valence-corrected chi connectivity index (χ0v) is 19.4. The summed E-state index contributed by atoms with van der Waals surface area (Å²) in [6.45, 7) is 8.42. The summed E-state index contributed by atoms with van der Waals surface area (Å²) in [5.41, 5.74) is 9.58. The van der Waals surface area contributed by atoms with Gasteiger partial charge in [0.15, 0.2) is 5.84 Å². The number of hydrogen-bond donors (Lipinski definition) is 2. The fourth-order valence-electron chi connectivity index (χ4n) is 2.93. The molecule has 0 bridgehead atoms. The lowest BCUT2D eigenvalue weighted by atomic mass is 9.87. The number of rotatable bonds is 8. The second kappa shape index (κ2) is 10.6. The van der Waals surface area contributed by atoms with Crippen molar-refractivity contribution in [1.82, 2.24) is 4.98 Å². The van der Waals surface area contributed by atoms with Crippen LogP contribution < -0.4 is 15.8 Å². The van der Waals surface area contributed by atoms with Crippen molar-refractivity contribution in [1.29, 1.82) is 0 Å². The summed E-state index contributed by atoms with van der Waals surface area (Å²) in [6, 6.07) is 18.7. The van der Waals surface area contributed by atoms with Gasteiger partial charge in [-0.1, -0.05) is 56.3 Å². The number of pyridine rings is 1. The standard InChI is InChI=1S/C26H30N4O3/c1-18(25(31)29-22-12-10-21(11-13-22)26(2,3)4)33-30-24(27)20-8-5-9-23(15-20)32-17-19-7-6-14-28-16-19/h5-16,18H,17H2,1-4H3,(H2,27,30)(H,29,31). The molecule has 7 heteroatoms. The minimum Gasteiger partial charge on any atom is -0.489 e. The summed E-state index contributed by atoms with van der Waals surface area (Å²) in [6.07, 6.45) is 2.64. The highest BCUT2D eigenvalue weighted by Gasteiger charge is 2.17. The van der Waals surface area contributed by atoms with Gasteiger partial charge in [0.2, 0.25) is 6.10 Å². The van der Waals surface area contributed by atoms with Gasteiger partial charge in [-0.25, -0.2) is 0 Å². The molecule has 1 atom stereocenters. The molecule has 0 spiro atoms. The number of hydrogen-bond acceptors (Lipinski definition) is 5. The molecule has 0 aliphatic rings. The first-order valence-corrected chi connectivity index (χ1v) is 10.8. The molecule has 2 aromatic carbocycles. The molecule has 7 nitrogen and oxygen atoms in total. The number of amidine groups is 1. The molecule has 0 radical (unpaired) electrons. The number of carbonyl (C=O) groups excluding carboxylic acids is 1. The Morgan fingerprint density at radius 1 is 1.12 bits per heavy atom. The first-order valence-electron chi connectivity index (χ1n) is 10.8. The zero-order chi connectivity index (χ0) is 23.8. The van der Waals surface area contributed by atoms with Gasteiger partial charge >= 0.3 is 0 Å². The maximum Gasteiger partial charge on any atom is 0.267 e. The summed E-state index contributed by atoms with van der Waals surface area (Å²) >= 11 is 0. The Labute approximate surface area is 194 Å². The second-order valence-corrected chi connectivity index (χ2v) is 8.72. The third-order valence-electron chi connectivity index (χ3n) is 4.95. The number of benzene rings is 2. The van der Waals surface area contributed by atoms with Crippen LogP contribution in [0.15, 0.2) is 78.2 Å². The van der Waals surface area contributed by atoms with E-state index in [-0.39, 0.29) is 17.2 Å². The minimum atomic E-state index is -0.823. The van der Waals surface area contributed by atoms with E-state index >= 15 is 0 Å². The van der Waals surface area contributed by atoms with Crippen LogP contribution >= 0.6 is 0 Å². The van der Waals surface area contributed by atoms with Gasteiger partial charge < -0.3 is 20.6 Å². The third kappa shape index (κ3) is 7.07. The number of aromatic nitrogens is 1. The van der Waals surface area contributed by atoms with E-state index in [4.69, 9.17) is 15.3 Å². The molecule has 3 rings (SSSR count). The van der Waals surface area contributed by atoms with Crippen molar-refractivity contribution in [3.8, 4) is 5.75 Å². The van der Waals surface area contributed by atoms with Gasteiger partial charge in [-0.05, 0) is 48.2 Å². The Bertz CT molecular complexity index is 1090. The Balaban J connectivity index is 1.55. The first-order chi connectivity index (χ1) is 15.7. The average Bonchev–Trinajstić information content (AvgIpc) is 2.81. The van der Waals surface area contributed by atoms with Gasteiger partial charge in [0.25, 0.3) is 5.91 Å². The van der Waals surface area contributed by atoms with Gasteiger partial charge in [-0.2, -0.15) is 0 Å². The van der Waals surface area contributed by atoms with E-state index in [1.165, 1.54) is 5.56 Å². The molecule has 1 aromatic heterocycles. The van der Waals surface area contributed by atoms with Crippen molar-refractivity contribution in [3.63, 3.8) is 0 Å². The second-order valence-electron chi connectivity index (χ2n) is 8.72. The van der Waals surface area contributed by atoms with Crippen molar-refractivity contribution >= 4 is 17.4 Å². The van der Waals surface area contributed by atoms with E-state index in [2.05, 4.69) is 36.2 Å². The first kappa shape index (κ1) is 23.8. The maximum absolute atomic E-state index is 12.4. The molecular weight excluding hydrogens is 416 g/mol. The fraction of sp³-hybridized carbons (Fsp3) is 0.269. The van der Waals surface area contributed by atoms with Crippen LogP contribution in [0.5, 0.6) is 5.75 Å². The predicted molar refractivity (Wildman–Crippen MR) is 130 cm³/mol. The van der Waals surface area contributed by atoms with Crippen LogP contribution in [-0.2, 0) is 21.7 Å². The fourth-order valence-corrected chi connectivity index (χ4v) is 2.93. The van der Waals surface area contributed by atoms with E-state index in [1.54, 1.807) is 31.5 Å². The molecule has 33 heavy (non-hydrogen) atoms. The number of carbonyl (C=O) groups is 1. The minimum absolute atomic E-state index is 0.0479. The predicted octanol–water partition coefficient (Wildman–Crippen LogP) is 4.62. The van der Waals surface area contributed by atoms with E-state index < -0.39 is 6.10 Å². The molecule has 0 aliphatic heterocycles. The molecule has 0 saturated carbocycles. The number of nitrogens with two attached hydrogens (primary N) is 1. The number of anilines is 1. The summed E-state index contributed by atoms with van der Waals surface area (Å²) in [4.78, 5) is 21.9. The van der Waals surface area contributed by atoms with Crippen LogP contribution in [0.1, 0.15) is 44.4 Å². The van der Waals surface area contributed by atoms with Crippen LogP contribution in [0.25, 0.3) is 0 Å². The van der Waals surface area contributed by atoms with Crippen molar-refractivity contribution in [3.05, 3.63) is 89.7 Å². The van der Waals surface area contributed by atoms with Crippen LogP contribution in [0.4, 0.5) is 5.69 Å². The monoisotopic (exact) mass is 446 g/mol. The Hall–Kier alpha value is -3.87. The van der Waals surface area contributed by atoms with Gasteiger partial charge in [0.1, 0.15) is 12.4 Å². The smallest absolute Gasteiger partial charge is 0.267 e. The molecule has 172 valence electrons. The maximum atomic E-state index is 12.4. The van der Waals surface area contributed by atoms with Crippen molar-refractivity contribution < 1.29 is 14.4 Å². The molecular formula is C26H30N4O3. The largest absolute Gasteiger partial charge is 0.489 e. The van der Waals surface area contributed by atoms with E-state index in [0.717, 1.165) is 5.56 Å². The highest BCUT2D eigenvalue weighted by atomic mass is 16.6. The van der Waals surface area contributed by atoms with Crippen molar-refractivity contribution in [2.75, 3.05) is 5.32 Å². The van der Waals surface area contributed by atoms with Crippen LogP contribution in [0, 0.1) is 0 Å².